The minimum atomic E-state index is -0.326. The van der Waals surface area contributed by atoms with Crippen molar-refractivity contribution in [1.82, 2.24) is 9.97 Å². The Bertz CT molecular complexity index is 941. The third-order valence-electron chi connectivity index (χ3n) is 3.83. The molecule has 0 radical (unpaired) electrons. The van der Waals surface area contributed by atoms with E-state index in [0.717, 1.165) is 11.3 Å². The third-order valence-corrected chi connectivity index (χ3v) is 3.83. The molecule has 0 spiro atoms. The second kappa shape index (κ2) is 7.65. The predicted octanol–water partition coefficient (Wildman–Crippen LogP) is 4.10. The average molecular weight is 348 g/mol. The molecule has 26 heavy (non-hydrogen) atoms. The first kappa shape index (κ1) is 17.4. The summed E-state index contributed by atoms with van der Waals surface area (Å²) in [6.45, 7) is 3.82. The summed E-state index contributed by atoms with van der Waals surface area (Å²) in [5, 5.41) is 5.99. The summed E-state index contributed by atoms with van der Waals surface area (Å²) in [5.41, 5.74) is 3.53. The highest BCUT2D eigenvalue weighted by atomic mass is 16.5. The molecule has 3 rings (SSSR count). The van der Waals surface area contributed by atoms with Crippen LogP contribution in [0.2, 0.25) is 0 Å². The number of hydrogen-bond acceptors (Lipinski definition) is 5. The van der Waals surface area contributed by atoms with Crippen LogP contribution in [0.25, 0.3) is 0 Å². The Labute approximate surface area is 152 Å². The fourth-order valence-corrected chi connectivity index (χ4v) is 2.51. The lowest BCUT2D eigenvalue weighted by atomic mass is 10.2. The molecule has 132 valence electrons. The number of aryl methyl sites for hydroxylation is 2. The number of ether oxygens (including phenoxy) is 1. The number of nitrogens with zero attached hydrogens (tertiary/aromatic N) is 2. The Hall–Kier alpha value is -3.41. The highest BCUT2D eigenvalue weighted by Crippen LogP contribution is 2.24. The van der Waals surface area contributed by atoms with Gasteiger partial charge in [0.1, 0.15) is 11.4 Å². The van der Waals surface area contributed by atoms with Gasteiger partial charge in [-0.1, -0.05) is 30.3 Å². The van der Waals surface area contributed by atoms with Gasteiger partial charge in [-0.15, -0.1) is 0 Å². The van der Waals surface area contributed by atoms with Crippen LogP contribution in [0.5, 0.6) is 5.75 Å². The van der Waals surface area contributed by atoms with E-state index in [0.29, 0.717) is 23.1 Å². The van der Waals surface area contributed by atoms with Gasteiger partial charge in [0.15, 0.2) is 0 Å². The van der Waals surface area contributed by atoms with E-state index in [4.69, 9.17) is 4.74 Å². The largest absolute Gasteiger partial charge is 0.495 e. The van der Waals surface area contributed by atoms with Crippen molar-refractivity contribution in [2.24, 2.45) is 0 Å². The van der Waals surface area contributed by atoms with Crippen molar-refractivity contribution in [3.8, 4) is 5.75 Å². The Morgan fingerprint density at radius 3 is 2.38 bits per heavy atom. The Morgan fingerprint density at radius 1 is 0.962 bits per heavy atom. The number of nitrogens with one attached hydrogen (secondary N) is 2. The van der Waals surface area contributed by atoms with Gasteiger partial charge in [-0.2, -0.15) is 0 Å². The molecule has 0 aliphatic rings. The van der Waals surface area contributed by atoms with Gasteiger partial charge < -0.3 is 15.4 Å². The molecule has 0 saturated heterocycles. The lowest BCUT2D eigenvalue weighted by Crippen LogP contribution is -2.16. The van der Waals surface area contributed by atoms with Crippen molar-refractivity contribution >= 4 is 23.2 Å². The lowest BCUT2D eigenvalue weighted by Gasteiger charge is -2.12. The maximum Gasteiger partial charge on any atom is 0.274 e. The normalized spacial score (nSPS) is 10.3. The molecule has 0 atom stereocenters. The van der Waals surface area contributed by atoms with E-state index in [1.54, 1.807) is 25.3 Å². The maximum absolute atomic E-state index is 12.6. The smallest absolute Gasteiger partial charge is 0.274 e. The standard InChI is InChI=1S/C20H20N4O2/c1-13-8-4-5-9-15(13)23-20-21-14(2)12-17(24-20)19(25)22-16-10-6-7-11-18(16)26-3/h4-12H,1-3H3,(H,22,25)(H,21,23,24). The Balaban J connectivity index is 1.85. The molecule has 1 heterocycles. The van der Waals surface area contributed by atoms with Gasteiger partial charge in [-0.25, -0.2) is 9.97 Å². The Kier molecular flexibility index (Phi) is 5.12. The van der Waals surface area contributed by atoms with Gasteiger partial charge >= 0.3 is 0 Å². The molecule has 0 saturated carbocycles. The Morgan fingerprint density at radius 2 is 1.65 bits per heavy atom. The predicted molar refractivity (Wildman–Crippen MR) is 102 cm³/mol. The van der Waals surface area contributed by atoms with Crippen LogP contribution in [0.15, 0.2) is 54.6 Å². The van der Waals surface area contributed by atoms with Crippen molar-refractivity contribution in [3.05, 3.63) is 71.5 Å². The van der Waals surface area contributed by atoms with E-state index in [9.17, 15) is 4.79 Å². The van der Waals surface area contributed by atoms with Crippen molar-refractivity contribution in [2.45, 2.75) is 13.8 Å². The summed E-state index contributed by atoms with van der Waals surface area (Å²) >= 11 is 0. The summed E-state index contributed by atoms with van der Waals surface area (Å²) in [6.07, 6.45) is 0. The summed E-state index contributed by atoms with van der Waals surface area (Å²) in [4.78, 5) is 21.3. The van der Waals surface area contributed by atoms with Gasteiger partial charge in [0.25, 0.3) is 5.91 Å². The van der Waals surface area contributed by atoms with Crippen LogP contribution in [0.4, 0.5) is 17.3 Å². The quantitative estimate of drug-likeness (QED) is 0.726. The van der Waals surface area contributed by atoms with Crippen molar-refractivity contribution < 1.29 is 9.53 Å². The van der Waals surface area contributed by atoms with Gasteiger partial charge in [0, 0.05) is 11.4 Å². The van der Waals surface area contributed by atoms with Gasteiger partial charge in [-0.05, 0) is 43.7 Å². The number of rotatable bonds is 5. The van der Waals surface area contributed by atoms with Crippen LogP contribution in [-0.4, -0.2) is 23.0 Å². The van der Waals surface area contributed by atoms with E-state index in [1.165, 1.54) is 0 Å². The first-order valence-electron chi connectivity index (χ1n) is 8.19. The number of methoxy groups -OCH3 is 1. The zero-order valence-electron chi connectivity index (χ0n) is 14.9. The van der Waals surface area contributed by atoms with Gasteiger partial charge in [-0.3, -0.25) is 4.79 Å². The molecule has 0 aliphatic heterocycles. The second-order valence-corrected chi connectivity index (χ2v) is 5.81. The third kappa shape index (κ3) is 3.97. The van der Waals surface area contributed by atoms with E-state index >= 15 is 0 Å². The molecule has 6 heteroatoms. The second-order valence-electron chi connectivity index (χ2n) is 5.81. The van der Waals surface area contributed by atoms with Crippen molar-refractivity contribution in [1.29, 1.82) is 0 Å². The van der Waals surface area contributed by atoms with Crippen LogP contribution in [0, 0.1) is 13.8 Å². The molecule has 0 aliphatic carbocycles. The van der Waals surface area contributed by atoms with Crippen LogP contribution in [-0.2, 0) is 0 Å². The number of amides is 1. The molecule has 1 amide bonds. The number of anilines is 3. The van der Waals surface area contributed by atoms with Crippen molar-refractivity contribution in [3.63, 3.8) is 0 Å². The van der Waals surface area contributed by atoms with Crippen LogP contribution < -0.4 is 15.4 Å². The number of hydrogen-bond donors (Lipinski definition) is 2. The molecular weight excluding hydrogens is 328 g/mol. The minimum absolute atomic E-state index is 0.277. The van der Waals surface area contributed by atoms with Crippen LogP contribution in [0.1, 0.15) is 21.7 Å². The topological polar surface area (TPSA) is 76.1 Å². The van der Waals surface area contributed by atoms with E-state index in [2.05, 4.69) is 20.6 Å². The first-order chi connectivity index (χ1) is 12.6. The number of benzene rings is 2. The average Bonchev–Trinajstić information content (AvgIpc) is 2.63. The van der Waals surface area contributed by atoms with Crippen LogP contribution >= 0.6 is 0 Å². The van der Waals surface area contributed by atoms with E-state index in [1.807, 2.05) is 50.2 Å². The zero-order valence-corrected chi connectivity index (χ0v) is 14.9. The summed E-state index contributed by atoms with van der Waals surface area (Å²) < 4.78 is 5.26. The van der Waals surface area contributed by atoms with Crippen LogP contribution in [0.3, 0.4) is 0 Å². The van der Waals surface area contributed by atoms with E-state index < -0.39 is 0 Å². The van der Waals surface area contributed by atoms with Gasteiger partial charge in [0.05, 0.1) is 12.8 Å². The molecule has 0 fully saturated rings. The summed E-state index contributed by atoms with van der Waals surface area (Å²) in [6, 6.07) is 16.7. The molecule has 2 aromatic carbocycles. The molecule has 1 aromatic heterocycles. The number of aromatic nitrogens is 2. The minimum Gasteiger partial charge on any atom is -0.495 e. The molecule has 0 unspecified atom stereocenters. The number of para-hydroxylation sites is 3. The van der Waals surface area contributed by atoms with Gasteiger partial charge in [0.2, 0.25) is 5.95 Å². The highest BCUT2D eigenvalue weighted by molar-refractivity contribution is 6.03. The molecule has 2 N–H and O–H groups in total. The fraction of sp³-hybridized carbons (Fsp3) is 0.150. The molecule has 3 aromatic rings. The fourth-order valence-electron chi connectivity index (χ4n) is 2.51. The molecular formula is C20H20N4O2. The molecule has 6 nitrogen and oxygen atoms in total. The SMILES string of the molecule is COc1ccccc1NC(=O)c1cc(C)nc(Nc2ccccc2C)n1. The molecule has 0 bridgehead atoms. The number of carbonyl (C=O) groups excluding carboxylic acids is 1. The monoisotopic (exact) mass is 348 g/mol. The number of carbonyl (C=O) groups is 1. The maximum atomic E-state index is 12.6. The zero-order chi connectivity index (χ0) is 18.5. The first-order valence-corrected chi connectivity index (χ1v) is 8.19. The van der Waals surface area contributed by atoms with E-state index in [-0.39, 0.29) is 11.6 Å². The van der Waals surface area contributed by atoms with Crippen molar-refractivity contribution in [2.75, 3.05) is 17.7 Å². The lowest BCUT2D eigenvalue weighted by molar-refractivity contribution is 0.102. The summed E-state index contributed by atoms with van der Waals surface area (Å²) in [5.74, 6) is 0.641. The highest BCUT2D eigenvalue weighted by Gasteiger charge is 2.13. The summed E-state index contributed by atoms with van der Waals surface area (Å²) in [7, 11) is 1.56.